The summed E-state index contributed by atoms with van der Waals surface area (Å²) in [5, 5.41) is 9.82. The minimum Gasteiger partial charge on any atom is -0.480 e. The quantitative estimate of drug-likeness (QED) is 0.838. The first kappa shape index (κ1) is 12.5. The Bertz CT molecular complexity index is 320. The van der Waals surface area contributed by atoms with Gasteiger partial charge in [0.1, 0.15) is 5.54 Å². The number of rotatable bonds is 3. The molecule has 0 aromatic heterocycles. The van der Waals surface area contributed by atoms with Gasteiger partial charge in [-0.1, -0.05) is 19.3 Å². The van der Waals surface area contributed by atoms with Crippen molar-refractivity contribution in [3.8, 4) is 0 Å². The van der Waals surface area contributed by atoms with Crippen molar-refractivity contribution in [1.82, 2.24) is 4.90 Å². The van der Waals surface area contributed by atoms with Crippen LogP contribution in [-0.4, -0.2) is 34.6 Å². The fraction of sp³-hybridized carbons (Fsp3) is 0.933. The highest BCUT2D eigenvalue weighted by molar-refractivity contribution is 5.79. The maximum Gasteiger partial charge on any atom is 0.324 e. The monoisotopic (exact) mass is 251 g/mol. The van der Waals surface area contributed by atoms with Crippen LogP contribution in [0.5, 0.6) is 0 Å². The standard InChI is InChI=1S/C15H25NO2/c17-14(18)15(16-9-2-1-3-10-16)8-4-5-13(11-15)12-6-7-12/h12-13H,1-11H2,(H,17,18). The molecule has 3 nitrogen and oxygen atoms in total. The van der Waals surface area contributed by atoms with Gasteiger partial charge in [-0.2, -0.15) is 0 Å². The Labute approximate surface area is 110 Å². The van der Waals surface area contributed by atoms with E-state index in [1.807, 2.05) is 0 Å². The summed E-state index contributed by atoms with van der Waals surface area (Å²) in [5.41, 5.74) is -0.508. The van der Waals surface area contributed by atoms with Gasteiger partial charge < -0.3 is 5.11 Å². The molecule has 1 saturated heterocycles. The van der Waals surface area contributed by atoms with Gasteiger partial charge in [-0.25, -0.2) is 0 Å². The third kappa shape index (κ3) is 2.18. The molecule has 2 aliphatic carbocycles. The molecule has 2 atom stereocenters. The van der Waals surface area contributed by atoms with Crippen molar-refractivity contribution in [2.45, 2.75) is 63.3 Å². The van der Waals surface area contributed by atoms with E-state index < -0.39 is 11.5 Å². The van der Waals surface area contributed by atoms with Gasteiger partial charge in [-0.3, -0.25) is 9.69 Å². The average Bonchev–Trinajstić information content (AvgIpc) is 3.24. The zero-order valence-corrected chi connectivity index (χ0v) is 11.2. The van der Waals surface area contributed by atoms with Crippen LogP contribution in [0.1, 0.15) is 57.8 Å². The summed E-state index contributed by atoms with van der Waals surface area (Å²) in [6, 6.07) is 0. The van der Waals surface area contributed by atoms with Crippen molar-refractivity contribution in [2.24, 2.45) is 11.8 Å². The van der Waals surface area contributed by atoms with Crippen LogP contribution in [0.3, 0.4) is 0 Å². The van der Waals surface area contributed by atoms with Crippen molar-refractivity contribution in [3.05, 3.63) is 0 Å². The largest absolute Gasteiger partial charge is 0.480 e. The van der Waals surface area contributed by atoms with Gasteiger partial charge in [0.2, 0.25) is 0 Å². The normalized spacial score (nSPS) is 38.6. The number of hydrogen-bond acceptors (Lipinski definition) is 2. The maximum absolute atomic E-state index is 11.9. The van der Waals surface area contributed by atoms with Crippen molar-refractivity contribution >= 4 is 5.97 Å². The summed E-state index contributed by atoms with van der Waals surface area (Å²) in [5.74, 6) is 1.00. The average molecular weight is 251 g/mol. The molecule has 3 fully saturated rings. The van der Waals surface area contributed by atoms with Gasteiger partial charge in [0.25, 0.3) is 0 Å². The van der Waals surface area contributed by atoms with E-state index in [9.17, 15) is 9.90 Å². The van der Waals surface area contributed by atoms with Gasteiger partial charge in [0, 0.05) is 0 Å². The van der Waals surface area contributed by atoms with Crippen LogP contribution in [0, 0.1) is 11.8 Å². The lowest BCUT2D eigenvalue weighted by Crippen LogP contribution is -2.58. The summed E-state index contributed by atoms with van der Waals surface area (Å²) in [6.07, 6.45) is 10.5. The lowest BCUT2D eigenvalue weighted by Gasteiger charge is -2.47. The number of carbonyl (C=O) groups is 1. The molecule has 0 amide bonds. The van der Waals surface area contributed by atoms with Crippen molar-refractivity contribution in [1.29, 1.82) is 0 Å². The Morgan fingerprint density at radius 2 is 1.72 bits per heavy atom. The maximum atomic E-state index is 11.9. The Kier molecular flexibility index (Phi) is 3.35. The van der Waals surface area contributed by atoms with E-state index in [-0.39, 0.29) is 0 Å². The van der Waals surface area contributed by atoms with Gasteiger partial charge in [-0.05, 0) is 63.5 Å². The summed E-state index contributed by atoms with van der Waals surface area (Å²) < 4.78 is 0. The van der Waals surface area contributed by atoms with E-state index in [0.29, 0.717) is 5.92 Å². The second kappa shape index (κ2) is 4.84. The fourth-order valence-electron chi connectivity index (χ4n) is 4.20. The second-order valence-electron chi connectivity index (χ2n) is 6.58. The molecule has 102 valence electrons. The molecule has 2 unspecified atom stereocenters. The highest BCUT2D eigenvalue weighted by Crippen LogP contribution is 2.48. The van der Waals surface area contributed by atoms with Crippen molar-refractivity contribution in [2.75, 3.05) is 13.1 Å². The highest BCUT2D eigenvalue weighted by Gasteiger charge is 2.50. The zero-order chi connectivity index (χ0) is 12.6. The van der Waals surface area contributed by atoms with E-state index in [2.05, 4.69) is 4.90 Å². The van der Waals surface area contributed by atoms with E-state index >= 15 is 0 Å². The zero-order valence-electron chi connectivity index (χ0n) is 11.2. The van der Waals surface area contributed by atoms with Crippen LogP contribution >= 0.6 is 0 Å². The molecule has 1 N–H and O–H groups in total. The van der Waals surface area contributed by atoms with Crippen molar-refractivity contribution < 1.29 is 9.90 Å². The number of piperidine rings is 1. The number of nitrogens with zero attached hydrogens (tertiary/aromatic N) is 1. The molecule has 1 heterocycles. The highest BCUT2D eigenvalue weighted by atomic mass is 16.4. The third-order valence-electron chi connectivity index (χ3n) is 5.41. The number of hydrogen-bond donors (Lipinski definition) is 1. The summed E-state index contributed by atoms with van der Waals surface area (Å²) in [6.45, 7) is 2.01. The molecular weight excluding hydrogens is 226 g/mol. The van der Waals surface area contributed by atoms with Crippen LogP contribution < -0.4 is 0 Å². The fourth-order valence-corrected chi connectivity index (χ4v) is 4.20. The molecular formula is C15H25NO2. The van der Waals surface area contributed by atoms with Crippen LogP contribution in [0.15, 0.2) is 0 Å². The molecule has 0 aromatic carbocycles. The number of carboxylic acids is 1. The van der Waals surface area contributed by atoms with Gasteiger partial charge in [0.15, 0.2) is 0 Å². The van der Waals surface area contributed by atoms with E-state index in [0.717, 1.165) is 38.3 Å². The third-order valence-corrected chi connectivity index (χ3v) is 5.41. The van der Waals surface area contributed by atoms with Crippen molar-refractivity contribution in [3.63, 3.8) is 0 Å². The summed E-state index contributed by atoms with van der Waals surface area (Å²) in [7, 11) is 0. The smallest absolute Gasteiger partial charge is 0.324 e. The predicted molar refractivity (Wildman–Crippen MR) is 70.5 cm³/mol. The molecule has 3 heteroatoms. The van der Waals surface area contributed by atoms with Crippen LogP contribution in [0.4, 0.5) is 0 Å². The first-order valence-corrected chi connectivity index (χ1v) is 7.71. The molecule has 0 radical (unpaired) electrons. The number of aliphatic carboxylic acids is 1. The van der Waals surface area contributed by atoms with Gasteiger partial charge in [-0.15, -0.1) is 0 Å². The lowest BCUT2D eigenvalue weighted by molar-refractivity contribution is -0.157. The van der Waals surface area contributed by atoms with E-state index in [4.69, 9.17) is 0 Å². The first-order chi connectivity index (χ1) is 8.72. The van der Waals surface area contributed by atoms with Crippen LogP contribution in [0.2, 0.25) is 0 Å². The Morgan fingerprint density at radius 1 is 1.00 bits per heavy atom. The molecule has 0 spiro atoms. The minimum atomic E-state index is -0.547. The first-order valence-electron chi connectivity index (χ1n) is 7.71. The molecule has 0 aromatic rings. The van der Waals surface area contributed by atoms with Gasteiger partial charge in [0.05, 0.1) is 0 Å². The summed E-state index contributed by atoms with van der Waals surface area (Å²) in [4.78, 5) is 14.2. The molecule has 1 aliphatic heterocycles. The topological polar surface area (TPSA) is 40.5 Å². The Hall–Kier alpha value is -0.570. The van der Waals surface area contributed by atoms with E-state index in [1.165, 1.54) is 38.5 Å². The minimum absolute atomic E-state index is 0.508. The molecule has 3 aliphatic rings. The van der Waals surface area contributed by atoms with E-state index in [1.54, 1.807) is 0 Å². The molecule has 3 rings (SSSR count). The number of carboxylic acid groups (broad SMARTS) is 1. The molecule has 2 saturated carbocycles. The van der Waals surface area contributed by atoms with Crippen LogP contribution in [-0.2, 0) is 4.79 Å². The number of likely N-dealkylation sites (tertiary alicyclic amines) is 1. The summed E-state index contributed by atoms with van der Waals surface area (Å²) >= 11 is 0. The van der Waals surface area contributed by atoms with Crippen LogP contribution in [0.25, 0.3) is 0 Å². The molecule has 0 bridgehead atoms. The Morgan fingerprint density at radius 3 is 2.33 bits per heavy atom. The lowest BCUT2D eigenvalue weighted by atomic mass is 9.72. The SMILES string of the molecule is O=C(O)C1(N2CCCCC2)CCCC(C2CC2)C1. The van der Waals surface area contributed by atoms with Gasteiger partial charge >= 0.3 is 5.97 Å². The molecule has 18 heavy (non-hydrogen) atoms. The predicted octanol–water partition coefficient (Wildman–Crippen LogP) is 2.90. The Balaban J connectivity index is 1.78. The second-order valence-corrected chi connectivity index (χ2v) is 6.58.